The van der Waals surface area contributed by atoms with Crippen LogP contribution in [0.1, 0.15) is 52.9 Å². The van der Waals surface area contributed by atoms with E-state index in [4.69, 9.17) is 0 Å². The highest BCUT2D eigenvalue weighted by Crippen LogP contribution is 2.17. The molecule has 1 N–H and O–H groups in total. The van der Waals surface area contributed by atoms with E-state index in [1.165, 1.54) is 0 Å². The van der Waals surface area contributed by atoms with Gasteiger partial charge >= 0.3 is 0 Å². The van der Waals surface area contributed by atoms with Gasteiger partial charge in [-0.25, -0.2) is 0 Å². The molecular weight excluding hydrogens is 212 g/mol. The van der Waals surface area contributed by atoms with E-state index in [9.17, 15) is 4.79 Å². The predicted octanol–water partition coefficient (Wildman–Crippen LogP) is 2.41. The summed E-state index contributed by atoms with van der Waals surface area (Å²) in [5.41, 5.74) is 0. The van der Waals surface area contributed by atoms with Gasteiger partial charge < -0.3 is 10.2 Å². The van der Waals surface area contributed by atoms with Crippen LogP contribution < -0.4 is 5.32 Å². The highest BCUT2D eigenvalue weighted by molar-refractivity contribution is 5.76. The monoisotopic (exact) mass is 240 g/mol. The SMILES string of the molecule is CCCNC(CC)CN1CCC(C)CCC1=O. The summed E-state index contributed by atoms with van der Waals surface area (Å²) in [6, 6.07) is 0.465. The molecule has 0 saturated carbocycles. The molecule has 17 heavy (non-hydrogen) atoms. The van der Waals surface area contributed by atoms with Crippen LogP contribution in [0.4, 0.5) is 0 Å². The van der Waals surface area contributed by atoms with Crippen LogP contribution in [0.25, 0.3) is 0 Å². The molecular formula is C14H28N2O. The molecule has 1 aliphatic heterocycles. The summed E-state index contributed by atoms with van der Waals surface area (Å²) >= 11 is 0. The number of hydrogen-bond acceptors (Lipinski definition) is 2. The summed E-state index contributed by atoms with van der Waals surface area (Å²) in [5, 5.41) is 3.52. The first-order valence-corrected chi connectivity index (χ1v) is 7.18. The molecule has 1 amide bonds. The highest BCUT2D eigenvalue weighted by atomic mass is 16.2. The smallest absolute Gasteiger partial charge is 0.222 e. The van der Waals surface area contributed by atoms with Crippen LogP contribution in [0.2, 0.25) is 0 Å². The predicted molar refractivity (Wildman–Crippen MR) is 72.0 cm³/mol. The fraction of sp³-hybridized carbons (Fsp3) is 0.929. The van der Waals surface area contributed by atoms with Crippen molar-refractivity contribution >= 4 is 5.91 Å². The number of nitrogens with zero attached hydrogens (tertiary/aromatic N) is 1. The highest BCUT2D eigenvalue weighted by Gasteiger charge is 2.22. The first-order chi connectivity index (χ1) is 8.17. The molecule has 1 rings (SSSR count). The lowest BCUT2D eigenvalue weighted by Crippen LogP contribution is -2.43. The standard InChI is InChI=1S/C14H28N2O/c1-4-9-15-13(5-2)11-16-10-8-12(3)6-7-14(16)17/h12-13,15H,4-11H2,1-3H3. The first kappa shape index (κ1) is 14.5. The molecule has 1 heterocycles. The van der Waals surface area contributed by atoms with Crippen molar-refractivity contribution in [2.75, 3.05) is 19.6 Å². The quantitative estimate of drug-likeness (QED) is 0.773. The van der Waals surface area contributed by atoms with Crippen molar-refractivity contribution in [2.45, 2.75) is 58.9 Å². The second kappa shape index (κ2) is 7.70. The summed E-state index contributed by atoms with van der Waals surface area (Å²) in [5.74, 6) is 1.05. The van der Waals surface area contributed by atoms with Crippen molar-refractivity contribution in [3.8, 4) is 0 Å². The summed E-state index contributed by atoms with van der Waals surface area (Å²) in [6.45, 7) is 9.52. The number of carbonyl (C=O) groups excluding carboxylic acids is 1. The van der Waals surface area contributed by atoms with Crippen LogP contribution in [0, 0.1) is 5.92 Å². The van der Waals surface area contributed by atoms with Gasteiger partial charge in [0.1, 0.15) is 0 Å². The minimum atomic E-state index is 0.353. The van der Waals surface area contributed by atoms with Gasteiger partial charge in [0.05, 0.1) is 0 Å². The Morgan fingerprint density at radius 3 is 2.82 bits per heavy atom. The van der Waals surface area contributed by atoms with Crippen molar-refractivity contribution < 1.29 is 4.79 Å². The Morgan fingerprint density at radius 1 is 1.41 bits per heavy atom. The topological polar surface area (TPSA) is 32.3 Å². The molecule has 0 bridgehead atoms. The van der Waals surface area contributed by atoms with E-state index in [0.29, 0.717) is 17.9 Å². The number of likely N-dealkylation sites (tertiary alicyclic amines) is 1. The molecule has 0 radical (unpaired) electrons. The van der Waals surface area contributed by atoms with Crippen molar-refractivity contribution in [1.29, 1.82) is 0 Å². The number of hydrogen-bond donors (Lipinski definition) is 1. The van der Waals surface area contributed by atoms with Gasteiger partial charge in [0.25, 0.3) is 0 Å². The van der Waals surface area contributed by atoms with Crippen molar-refractivity contribution in [1.82, 2.24) is 10.2 Å². The molecule has 1 saturated heterocycles. The zero-order chi connectivity index (χ0) is 12.7. The van der Waals surface area contributed by atoms with E-state index in [-0.39, 0.29) is 0 Å². The molecule has 2 unspecified atom stereocenters. The van der Waals surface area contributed by atoms with Crippen molar-refractivity contribution in [2.24, 2.45) is 5.92 Å². The average molecular weight is 240 g/mol. The van der Waals surface area contributed by atoms with Crippen LogP contribution in [-0.2, 0) is 4.79 Å². The molecule has 3 nitrogen and oxygen atoms in total. The maximum Gasteiger partial charge on any atom is 0.222 e. The molecule has 0 aromatic carbocycles. The van der Waals surface area contributed by atoms with E-state index in [2.05, 4.69) is 31.0 Å². The van der Waals surface area contributed by atoms with E-state index in [1.807, 2.05) is 0 Å². The van der Waals surface area contributed by atoms with Gasteiger partial charge in [-0.3, -0.25) is 4.79 Å². The average Bonchev–Trinajstić information content (AvgIpc) is 2.49. The fourth-order valence-electron chi connectivity index (χ4n) is 2.32. The normalized spacial score (nSPS) is 23.6. The third-order valence-electron chi connectivity index (χ3n) is 3.71. The minimum Gasteiger partial charge on any atom is -0.341 e. The maximum absolute atomic E-state index is 12.0. The molecule has 1 fully saturated rings. The van der Waals surface area contributed by atoms with Crippen molar-refractivity contribution in [3.63, 3.8) is 0 Å². The van der Waals surface area contributed by atoms with Crippen LogP contribution in [0.3, 0.4) is 0 Å². The molecule has 1 aliphatic rings. The number of carbonyl (C=O) groups is 1. The second-order valence-electron chi connectivity index (χ2n) is 5.33. The maximum atomic E-state index is 12.0. The largest absolute Gasteiger partial charge is 0.341 e. The van der Waals surface area contributed by atoms with Gasteiger partial charge in [0.15, 0.2) is 0 Å². The molecule has 0 spiro atoms. The van der Waals surface area contributed by atoms with E-state index in [1.54, 1.807) is 0 Å². The van der Waals surface area contributed by atoms with Gasteiger partial charge in [-0.15, -0.1) is 0 Å². The zero-order valence-corrected chi connectivity index (χ0v) is 11.7. The van der Waals surface area contributed by atoms with Crippen LogP contribution >= 0.6 is 0 Å². The Balaban J connectivity index is 2.43. The molecule has 0 aliphatic carbocycles. The Hall–Kier alpha value is -0.570. The third-order valence-corrected chi connectivity index (χ3v) is 3.71. The Kier molecular flexibility index (Phi) is 6.56. The van der Waals surface area contributed by atoms with Gasteiger partial charge in [-0.1, -0.05) is 20.8 Å². The van der Waals surface area contributed by atoms with Gasteiger partial charge in [-0.2, -0.15) is 0 Å². The molecule has 2 atom stereocenters. The second-order valence-corrected chi connectivity index (χ2v) is 5.33. The Morgan fingerprint density at radius 2 is 2.18 bits per heavy atom. The van der Waals surface area contributed by atoms with Crippen molar-refractivity contribution in [3.05, 3.63) is 0 Å². The summed E-state index contributed by atoms with van der Waals surface area (Å²) in [4.78, 5) is 14.1. The lowest BCUT2D eigenvalue weighted by atomic mass is 10.0. The number of nitrogens with one attached hydrogen (secondary N) is 1. The Bertz CT molecular complexity index is 230. The number of amides is 1. The zero-order valence-electron chi connectivity index (χ0n) is 11.7. The lowest BCUT2D eigenvalue weighted by molar-refractivity contribution is -0.131. The van der Waals surface area contributed by atoms with Crippen LogP contribution in [-0.4, -0.2) is 36.5 Å². The summed E-state index contributed by atoms with van der Waals surface area (Å²) in [6.07, 6.45) is 5.22. The van der Waals surface area contributed by atoms with E-state index < -0.39 is 0 Å². The van der Waals surface area contributed by atoms with Crippen LogP contribution in [0.15, 0.2) is 0 Å². The fourth-order valence-corrected chi connectivity index (χ4v) is 2.32. The lowest BCUT2D eigenvalue weighted by Gasteiger charge is -2.26. The Labute approximate surface area is 106 Å². The van der Waals surface area contributed by atoms with Crippen LogP contribution in [0.5, 0.6) is 0 Å². The van der Waals surface area contributed by atoms with Gasteiger partial charge in [0.2, 0.25) is 5.91 Å². The third kappa shape index (κ3) is 5.07. The summed E-state index contributed by atoms with van der Waals surface area (Å²) in [7, 11) is 0. The molecule has 0 aromatic heterocycles. The molecule has 100 valence electrons. The van der Waals surface area contributed by atoms with E-state index >= 15 is 0 Å². The van der Waals surface area contributed by atoms with Gasteiger partial charge in [0, 0.05) is 25.6 Å². The summed E-state index contributed by atoms with van der Waals surface area (Å²) < 4.78 is 0. The van der Waals surface area contributed by atoms with E-state index in [0.717, 1.165) is 51.7 Å². The first-order valence-electron chi connectivity index (χ1n) is 7.18. The van der Waals surface area contributed by atoms with Gasteiger partial charge in [-0.05, 0) is 38.1 Å². The minimum absolute atomic E-state index is 0.353. The number of rotatable bonds is 6. The molecule has 3 heteroatoms. The molecule has 0 aromatic rings.